The molecule has 0 aliphatic carbocycles. The molecule has 1 aromatic heterocycles. The Morgan fingerprint density at radius 3 is 1.46 bits per heavy atom. The van der Waals surface area contributed by atoms with Crippen LogP contribution in [0.1, 0.15) is 180 Å². The zero-order chi connectivity index (χ0) is 46.7. The maximum absolute atomic E-state index is 8.32. The van der Waals surface area contributed by atoms with E-state index in [1.807, 2.05) is 18.7 Å². The monoisotopic (exact) mass is 862 g/mol. The van der Waals surface area contributed by atoms with Gasteiger partial charge in [0.05, 0.1) is 19.5 Å². The van der Waals surface area contributed by atoms with Crippen molar-refractivity contribution in [3.8, 4) is 0 Å². The minimum absolute atomic E-state index is 0.331. The first-order chi connectivity index (χ1) is 29.0. The fraction of sp³-hybridized carbons (Fsp3) is 0.833. The molecule has 2 N–H and O–H groups in total. The largest absolute Gasteiger partial charge is 0.396 e. The van der Waals surface area contributed by atoms with Crippen molar-refractivity contribution in [1.29, 1.82) is 0 Å². The van der Waals surface area contributed by atoms with E-state index in [2.05, 4.69) is 149 Å². The lowest BCUT2D eigenvalue weighted by Crippen LogP contribution is -2.37. The lowest BCUT2D eigenvalue weighted by molar-refractivity contribution is 0.0360. The van der Waals surface area contributed by atoms with Gasteiger partial charge < -0.3 is 24.3 Å². The standard InChI is InChI=1S/C10H14.C9H16N2.C9H19NO.C8H16O.C7H16.C6H14O.C5H12O/c1-9(2)8-10-6-4-3-5-7-10;1-9(2)4-3-6-11-7-5-10-8-11;1-9(2)3-4-10-5-7-11-8-6-10;1-7(2)8-3-5-9-6-4-8;1-4-5-6-7(2)3;1-6(2)4-3-5-7;1-5(2)3-4-6/h3-7,9H,8H2,1-2H3;5,7-9H,3-4,6H2,1-2H3;9H,3-8H2,1-2H3;7-8H,3-6H2,1-2H3;7H,4-6H2,1-3H3;6-7H,3-5H2,1-2H3;5-6H,3-4H2,1-2H3. The van der Waals surface area contributed by atoms with E-state index in [4.69, 9.17) is 19.7 Å². The van der Waals surface area contributed by atoms with Crippen molar-refractivity contribution in [2.24, 2.45) is 47.3 Å². The zero-order valence-corrected chi connectivity index (χ0v) is 43.3. The maximum Gasteiger partial charge on any atom is 0.0945 e. The fourth-order valence-electron chi connectivity index (χ4n) is 6.20. The molecule has 0 unspecified atom stereocenters. The Kier molecular flexibility index (Phi) is 48.1. The number of aliphatic hydroxyl groups is 2. The van der Waals surface area contributed by atoms with Crippen molar-refractivity contribution >= 4 is 0 Å². The summed E-state index contributed by atoms with van der Waals surface area (Å²) < 4.78 is 12.6. The van der Waals surface area contributed by atoms with Crippen LogP contribution >= 0.6 is 0 Å². The van der Waals surface area contributed by atoms with Crippen LogP contribution in [0.15, 0.2) is 49.1 Å². The van der Waals surface area contributed by atoms with Gasteiger partial charge in [-0.2, -0.15) is 0 Å². The smallest absolute Gasteiger partial charge is 0.0945 e. The second kappa shape index (κ2) is 46.2. The summed E-state index contributed by atoms with van der Waals surface area (Å²) in [5.74, 6) is 6.49. The summed E-state index contributed by atoms with van der Waals surface area (Å²) in [5.41, 5.74) is 1.44. The minimum atomic E-state index is 0.331. The first kappa shape index (κ1) is 63.5. The van der Waals surface area contributed by atoms with Crippen molar-refractivity contribution in [2.45, 2.75) is 187 Å². The average Bonchev–Trinajstić information content (AvgIpc) is 3.74. The Labute approximate surface area is 381 Å². The molecule has 2 aromatic rings. The molecule has 2 fully saturated rings. The van der Waals surface area contributed by atoms with Crippen LogP contribution in [0.2, 0.25) is 0 Å². The highest BCUT2D eigenvalue weighted by atomic mass is 16.5. The predicted molar refractivity (Wildman–Crippen MR) is 268 cm³/mol. The number of hydrogen-bond acceptors (Lipinski definition) is 6. The molecule has 0 atom stereocenters. The van der Waals surface area contributed by atoms with Gasteiger partial charge in [0.2, 0.25) is 0 Å². The van der Waals surface area contributed by atoms with E-state index in [0.717, 1.165) is 107 Å². The van der Waals surface area contributed by atoms with Gasteiger partial charge in [0.1, 0.15) is 0 Å². The van der Waals surface area contributed by atoms with E-state index in [-0.39, 0.29) is 0 Å². The molecule has 7 nitrogen and oxygen atoms in total. The molecule has 61 heavy (non-hydrogen) atoms. The molecular formula is C54H107N3O4. The second-order valence-electron chi connectivity index (χ2n) is 20.0. The van der Waals surface area contributed by atoms with E-state index < -0.39 is 0 Å². The number of benzene rings is 1. The van der Waals surface area contributed by atoms with Gasteiger partial charge in [0, 0.05) is 58.5 Å². The summed E-state index contributed by atoms with van der Waals surface area (Å²) in [4.78, 5) is 6.47. The maximum atomic E-state index is 8.32. The van der Waals surface area contributed by atoms with Crippen molar-refractivity contribution in [3.63, 3.8) is 0 Å². The van der Waals surface area contributed by atoms with Crippen molar-refractivity contribution in [1.82, 2.24) is 14.5 Å². The number of rotatable bonds is 18. The topological polar surface area (TPSA) is 80.0 Å². The third-order valence-electron chi connectivity index (χ3n) is 10.4. The van der Waals surface area contributed by atoms with Crippen LogP contribution in [-0.4, -0.2) is 83.9 Å². The normalized spacial score (nSPS) is 14.2. The third kappa shape index (κ3) is 52.5. The van der Waals surface area contributed by atoms with E-state index in [0.29, 0.717) is 19.1 Å². The first-order valence-electron chi connectivity index (χ1n) is 25.1. The van der Waals surface area contributed by atoms with Crippen molar-refractivity contribution in [2.75, 3.05) is 59.3 Å². The highest BCUT2D eigenvalue weighted by molar-refractivity contribution is 5.14. The molecule has 2 aliphatic heterocycles. The summed E-state index contributed by atoms with van der Waals surface area (Å²) in [5, 5.41) is 16.6. The molecule has 2 saturated heterocycles. The minimum Gasteiger partial charge on any atom is -0.396 e. The number of hydrogen-bond donors (Lipinski definition) is 2. The van der Waals surface area contributed by atoms with Gasteiger partial charge in [0.25, 0.3) is 0 Å². The molecule has 3 heterocycles. The molecule has 362 valence electrons. The second-order valence-corrected chi connectivity index (χ2v) is 20.0. The molecule has 2 aliphatic rings. The van der Waals surface area contributed by atoms with Gasteiger partial charge in [-0.25, -0.2) is 4.98 Å². The number of imidazole rings is 1. The molecular weight excluding hydrogens is 755 g/mol. The van der Waals surface area contributed by atoms with Gasteiger partial charge in [0.15, 0.2) is 0 Å². The molecule has 0 spiro atoms. The van der Waals surface area contributed by atoms with E-state index in [1.165, 1.54) is 69.9 Å². The van der Waals surface area contributed by atoms with Crippen LogP contribution in [0, 0.1) is 47.3 Å². The van der Waals surface area contributed by atoms with E-state index >= 15 is 0 Å². The van der Waals surface area contributed by atoms with E-state index in [1.54, 1.807) is 0 Å². The molecule has 0 bridgehead atoms. The zero-order valence-electron chi connectivity index (χ0n) is 43.3. The third-order valence-corrected chi connectivity index (χ3v) is 10.4. The molecule has 0 saturated carbocycles. The van der Waals surface area contributed by atoms with Gasteiger partial charge in [-0.15, -0.1) is 0 Å². The van der Waals surface area contributed by atoms with Crippen molar-refractivity contribution in [3.05, 3.63) is 54.6 Å². The van der Waals surface area contributed by atoms with Gasteiger partial charge in [-0.3, -0.25) is 4.90 Å². The van der Waals surface area contributed by atoms with Crippen LogP contribution in [0.4, 0.5) is 0 Å². The summed E-state index contributed by atoms with van der Waals surface area (Å²) in [6.45, 7) is 42.6. The van der Waals surface area contributed by atoms with Gasteiger partial charge >= 0.3 is 0 Å². The van der Waals surface area contributed by atoms with E-state index in [9.17, 15) is 0 Å². The number of unbranched alkanes of at least 4 members (excludes halogenated alkanes) is 1. The number of ether oxygens (including phenoxy) is 2. The molecule has 0 radical (unpaired) electrons. The Bertz CT molecular complexity index is 1050. The lowest BCUT2D eigenvalue weighted by Gasteiger charge is -2.26. The van der Waals surface area contributed by atoms with Gasteiger partial charge in [-0.1, -0.05) is 153 Å². The SMILES string of the molecule is CC(C)C1CCOCC1.CC(C)CCCO.CC(C)CCCn1ccnc1.CC(C)CCN1CCOCC1.CC(C)CCO.CC(C)Cc1ccccc1.CCCCC(C)C. The lowest BCUT2D eigenvalue weighted by atomic mass is 9.89. The summed E-state index contributed by atoms with van der Waals surface area (Å²) >= 11 is 0. The number of aliphatic hydroxyl groups excluding tert-OH is 2. The van der Waals surface area contributed by atoms with Crippen molar-refractivity contribution < 1.29 is 19.7 Å². The quantitative estimate of drug-likeness (QED) is 0.155. The van der Waals surface area contributed by atoms with Crippen LogP contribution in [0.5, 0.6) is 0 Å². The Hall–Kier alpha value is -1.77. The highest BCUT2D eigenvalue weighted by Crippen LogP contribution is 2.22. The molecule has 4 rings (SSSR count). The Morgan fingerprint density at radius 1 is 0.590 bits per heavy atom. The Morgan fingerprint density at radius 2 is 1.10 bits per heavy atom. The number of morpholine rings is 1. The Balaban J connectivity index is -0.000000651. The van der Waals surface area contributed by atoms with Crippen LogP contribution in [0.3, 0.4) is 0 Å². The summed E-state index contributed by atoms with van der Waals surface area (Å²) in [6, 6.07) is 10.6. The molecule has 0 amide bonds. The first-order valence-corrected chi connectivity index (χ1v) is 25.1. The molecule has 1 aromatic carbocycles. The number of aromatic nitrogens is 2. The number of nitrogens with zero attached hydrogens (tertiary/aromatic N) is 3. The van der Waals surface area contributed by atoms with Crippen LogP contribution in [0.25, 0.3) is 0 Å². The van der Waals surface area contributed by atoms with Gasteiger partial charge in [-0.05, 0) is 117 Å². The summed E-state index contributed by atoms with van der Waals surface area (Å²) in [7, 11) is 0. The highest BCUT2D eigenvalue weighted by Gasteiger charge is 2.16. The molecule has 7 heteroatoms. The fourth-order valence-corrected chi connectivity index (χ4v) is 6.20. The average molecular weight is 862 g/mol. The predicted octanol–water partition coefficient (Wildman–Crippen LogP) is 13.9. The van der Waals surface area contributed by atoms with Crippen LogP contribution in [-0.2, 0) is 22.4 Å². The summed E-state index contributed by atoms with van der Waals surface area (Å²) in [6.07, 6.45) is 20.5. The number of aryl methyl sites for hydroxylation is 1. The van der Waals surface area contributed by atoms with Crippen LogP contribution < -0.4 is 0 Å².